The van der Waals surface area contributed by atoms with E-state index in [1.807, 2.05) is 0 Å². The lowest BCUT2D eigenvalue weighted by Gasteiger charge is -2.32. The fraction of sp³-hybridized carbons (Fsp3) is 0.571. The van der Waals surface area contributed by atoms with Gasteiger partial charge in [0.05, 0.1) is 11.3 Å². The van der Waals surface area contributed by atoms with Gasteiger partial charge in [0.25, 0.3) is 16.0 Å². The summed E-state index contributed by atoms with van der Waals surface area (Å²) in [5, 5.41) is 0.716. The molecule has 0 spiro atoms. The Labute approximate surface area is 83.1 Å². The molecular weight excluding hydrogens is 208 g/mol. The third kappa shape index (κ3) is 3.86. The van der Waals surface area contributed by atoms with Crippen LogP contribution in [0.3, 0.4) is 0 Å². The van der Waals surface area contributed by atoms with Crippen molar-refractivity contribution >= 4 is 16.0 Å². The Morgan fingerprint density at radius 1 is 1.64 bits per heavy atom. The van der Waals surface area contributed by atoms with Gasteiger partial charge in [0.15, 0.2) is 0 Å². The molecule has 14 heavy (non-hydrogen) atoms. The van der Waals surface area contributed by atoms with Crippen molar-refractivity contribution in [1.29, 1.82) is 0 Å². The highest BCUT2D eigenvalue weighted by molar-refractivity contribution is 7.85. The average Bonchev–Trinajstić information content (AvgIpc) is 1.97. The second kappa shape index (κ2) is 4.07. The molecule has 0 rings (SSSR count). The monoisotopic (exact) mass is 222 g/mol. The van der Waals surface area contributed by atoms with Crippen molar-refractivity contribution in [1.82, 2.24) is 5.01 Å². The third-order valence-corrected chi connectivity index (χ3v) is 2.67. The van der Waals surface area contributed by atoms with Gasteiger partial charge in [0, 0.05) is 0 Å². The van der Waals surface area contributed by atoms with Crippen LogP contribution in [0.4, 0.5) is 0 Å². The van der Waals surface area contributed by atoms with Crippen LogP contribution in [0.2, 0.25) is 0 Å². The first-order valence-corrected chi connectivity index (χ1v) is 5.37. The van der Waals surface area contributed by atoms with Crippen molar-refractivity contribution in [3.63, 3.8) is 0 Å². The summed E-state index contributed by atoms with van der Waals surface area (Å²) in [5.41, 5.74) is -1.18. The zero-order valence-electron chi connectivity index (χ0n) is 8.10. The van der Waals surface area contributed by atoms with Crippen LogP contribution in [-0.4, -0.2) is 35.2 Å². The van der Waals surface area contributed by atoms with Gasteiger partial charge in [-0.3, -0.25) is 14.4 Å². The second-order valence-electron chi connectivity index (χ2n) is 3.45. The zero-order chi connectivity index (χ0) is 11.6. The minimum Gasteiger partial charge on any atom is -0.285 e. The number of hydrogen-bond donors (Lipinski definition) is 2. The normalized spacial score (nSPS) is 12.3. The van der Waals surface area contributed by atoms with Crippen LogP contribution in [0.25, 0.3) is 0 Å². The number of nitrogens with two attached hydrogens (primary N) is 1. The third-order valence-electron chi connectivity index (χ3n) is 1.60. The van der Waals surface area contributed by atoms with Crippen LogP contribution < -0.4 is 5.84 Å². The van der Waals surface area contributed by atoms with Crippen molar-refractivity contribution in [3.8, 4) is 0 Å². The largest absolute Gasteiger partial charge is 0.285 e. The molecule has 0 fully saturated rings. The molecule has 0 saturated carbocycles. The fourth-order valence-electron chi connectivity index (χ4n) is 0.913. The van der Waals surface area contributed by atoms with E-state index in [2.05, 4.69) is 6.58 Å². The number of carbonyl (C=O) groups excluding carboxylic acids is 1. The Kier molecular flexibility index (Phi) is 3.81. The van der Waals surface area contributed by atoms with Gasteiger partial charge < -0.3 is 0 Å². The number of rotatable bonds is 4. The van der Waals surface area contributed by atoms with Crippen molar-refractivity contribution in [2.75, 3.05) is 5.75 Å². The first-order valence-electron chi connectivity index (χ1n) is 3.76. The SMILES string of the molecule is C=CC(=O)N(N)C(C)(C)CS(=O)(=O)O. The molecule has 6 nitrogen and oxygen atoms in total. The van der Waals surface area contributed by atoms with E-state index in [1.54, 1.807) is 0 Å². The summed E-state index contributed by atoms with van der Waals surface area (Å²) < 4.78 is 29.8. The summed E-state index contributed by atoms with van der Waals surface area (Å²) >= 11 is 0. The second-order valence-corrected chi connectivity index (χ2v) is 4.90. The lowest BCUT2D eigenvalue weighted by Crippen LogP contribution is -2.55. The lowest BCUT2D eigenvalue weighted by atomic mass is 10.1. The van der Waals surface area contributed by atoms with Crippen molar-refractivity contribution in [3.05, 3.63) is 12.7 Å². The van der Waals surface area contributed by atoms with Gasteiger partial charge in [-0.1, -0.05) is 6.58 Å². The van der Waals surface area contributed by atoms with E-state index < -0.39 is 27.3 Å². The number of amides is 1. The van der Waals surface area contributed by atoms with Gasteiger partial charge in [-0.15, -0.1) is 0 Å². The molecule has 3 N–H and O–H groups in total. The Bertz CT molecular complexity index is 334. The molecule has 0 aromatic carbocycles. The van der Waals surface area contributed by atoms with Crippen LogP contribution >= 0.6 is 0 Å². The van der Waals surface area contributed by atoms with Gasteiger partial charge in [0.1, 0.15) is 0 Å². The number of hydrogen-bond acceptors (Lipinski definition) is 4. The molecule has 0 heterocycles. The number of carbonyl (C=O) groups is 1. The van der Waals surface area contributed by atoms with E-state index in [4.69, 9.17) is 10.4 Å². The van der Waals surface area contributed by atoms with Gasteiger partial charge in [0.2, 0.25) is 0 Å². The van der Waals surface area contributed by atoms with Gasteiger partial charge >= 0.3 is 0 Å². The fourth-order valence-corrected chi connectivity index (χ4v) is 1.94. The predicted molar refractivity (Wildman–Crippen MR) is 51.7 cm³/mol. The van der Waals surface area contributed by atoms with Crippen molar-refractivity contribution in [2.45, 2.75) is 19.4 Å². The summed E-state index contributed by atoms with van der Waals surface area (Å²) in [6.07, 6.45) is 0.964. The molecule has 0 aliphatic heterocycles. The lowest BCUT2D eigenvalue weighted by molar-refractivity contribution is -0.130. The molecule has 0 aromatic heterocycles. The van der Waals surface area contributed by atoms with E-state index in [1.165, 1.54) is 13.8 Å². The highest BCUT2D eigenvalue weighted by Crippen LogP contribution is 2.13. The Hall–Kier alpha value is -0.920. The minimum atomic E-state index is -4.18. The van der Waals surface area contributed by atoms with Gasteiger partial charge in [-0.2, -0.15) is 8.42 Å². The predicted octanol–water partition coefficient (Wildman–Crippen LogP) is -0.459. The Morgan fingerprint density at radius 2 is 2.07 bits per heavy atom. The van der Waals surface area contributed by atoms with Crippen LogP contribution in [0.15, 0.2) is 12.7 Å². The van der Waals surface area contributed by atoms with Crippen LogP contribution in [0.5, 0.6) is 0 Å². The number of hydrazine groups is 1. The van der Waals surface area contributed by atoms with Crippen molar-refractivity contribution < 1.29 is 17.8 Å². The van der Waals surface area contributed by atoms with E-state index in [-0.39, 0.29) is 0 Å². The standard InChI is InChI=1S/C7H14N2O4S/c1-4-6(10)9(8)7(2,3)5-14(11,12)13/h4H,1,5,8H2,2-3H3,(H,11,12,13). The van der Waals surface area contributed by atoms with E-state index in [0.717, 1.165) is 6.08 Å². The topological polar surface area (TPSA) is 101 Å². The summed E-state index contributed by atoms with van der Waals surface area (Å²) in [5.74, 6) is 4.11. The molecule has 0 aliphatic carbocycles. The highest BCUT2D eigenvalue weighted by Gasteiger charge is 2.32. The first-order chi connectivity index (χ1) is 6.10. The molecule has 0 aromatic rings. The molecule has 0 atom stereocenters. The zero-order valence-corrected chi connectivity index (χ0v) is 8.91. The minimum absolute atomic E-state index is 0.612. The molecule has 7 heteroatoms. The average molecular weight is 222 g/mol. The maximum absolute atomic E-state index is 11.1. The molecule has 82 valence electrons. The van der Waals surface area contributed by atoms with Crippen LogP contribution in [-0.2, 0) is 14.9 Å². The maximum Gasteiger partial charge on any atom is 0.267 e. The van der Waals surface area contributed by atoms with E-state index >= 15 is 0 Å². The molecule has 0 bridgehead atoms. The summed E-state index contributed by atoms with van der Waals surface area (Å²) in [7, 11) is -4.18. The molecule has 0 unspecified atom stereocenters. The van der Waals surface area contributed by atoms with E-state index in [0.29, 0.717) is 5.01 Å². The smallest absolute Gasteiger partial charge is 0.267 e. The van der Waals surface area contributed by atoms with Crippen LogP contribution in [0, 0.1) is 0 Å². The Morgan fingerprint density at radius 3 is 2.36 bits per heavy atom. The summed E-state index contributed by atoms with van der Waals surface area (Å²) in [6.45, 7) is 6.05. The first kappa shape index (κ1) is 13.1. The van der Waals surface area contributed by atoms with Crippen LogP contribution in [0.1, 0.15) is 13.8 Å². The van der Waals surface area contributed by atoms with Gasteiger partial charge in [-0.05, 0) is 19.9 Å². The molecule has 0 saturated heterocycles. The van der Waals surface area contributed by atoms with Crippen molar-refractivity contribution in [2.24, 2.45) is 5.84 Å². The quantitative estimate of drug-likeness (QED) is 0.220. The summed E-state index contributed by atoms with van der Waals surface area (Å²) in [6, 6.07) is 0. The highest BCUT2D eigenvalue weighted by atomic mass is 32.2. The number of nitrogens with zero attached hydrogens (tertiary/aromatic N) is 1. The van der Waals surface area contributed by atoms with E-state index in [9.17, 15) is 13.2 Å². The molecule has 0 aliphatic rings. The summed E-state index contributed by atoms with van der Waals surface area (Å²) in [4.78, 5) is 11.1. The molecule has 0 radical (unpaired) electrons. The Balaban J connectivity index is 4.78. The molecular formula is C7H14N2O4S. The molecule has 1 amide bonds. The van der Waals surface area contributed by atoms with Gasteiger partial charge in [-0.25, -0.2) is 5.84 Å². The maximum atomic E-state index is 11.1.